The summed E-state index contributed by atoms with van der Waals surface area (Å²) >= 11 is 0. The van der Waals surface area contributed by atoms with Crippen molar-refractivity contribution in [2.24, 2.45) is 5.92 Å². The molecule has 0 unspecified atom stereocenters. The minimum Gasteiger partial charge on any atom is -0.497 e. The maximum atomic E-state index is 12.5. The summed E-state index contributed by atoms with van der Waals surface area (Å²) in [7, 11) is 1.60. The summed E-state index contributed by atoms with van der Waals surface area (Å²) in [5, 5.41) is 7.10. The van der Waals surface area contributed by atoms with Crippen molar-refractivity contribution in [2.45, 2.75) is 25.9 Å². The van der Waals surface area contributed by atoms with E-state index in [4.69, 9.17) is 4.74 Å². The third-order valence-corrected chi connectivity index (χ3v) is 4.29. The zero-order chi connectivity index (χ0) is 17.8. The van der Waals surface area contributed by atoms with Crippen LogP contribution in [0.2, 0.25) is 0 Å². The van der Waals surface area contributed by atoms with Crippen LogP contribution in [0.4, 0.5) is 5.69 Å². The fourth-order valence-electron chi connectivity index (χ4n) is 2.99. The Kier molecular flexibility index (Phi) is 5.02. The van der Waals surface area contributed by atoms with Crippen LogP contribution in [0.3, 0.4) is 0 Å². The second-order valence-electron chi connectivity index (χ2n) is 6.24. The summed E-state index contributed by atoms with van der Waals surface area (Å²) < 4.78 is 6.90. The van der Waals surface area contributed by atoms with Crippen LogP contribution in [0.5, 0.6) is 5.75 Å². The number of carbonyl (C=O) groups excluding carboxylic acids is 2. The molecule has 0 aliphatic carbocycles. The number of anilines is 1. The van der Waals surface area contributed by atoms with Crippen molar-refractivity contribution in [1.29, 1.82) is 0 Å². The first-order valence-electron chi connectivity index (χ1n) is 8.29. The maximum Gasteiger partial charge on any atom is 0.227 e. The highest BCUT2D eigenvalue weighted by molar-refractivity contribution is 6.00. The highest BCUT2D eigenvalue weighted by Crippen LogP contribution is 2.27. The lowest BCUT2D eigenvalue weighted by Gasteiger charge is -2.19. The Balaban J connectivity index is 1.58. The highest BCUT2D eigenvalue weighted by atomic mass is 16.5. The van der Waals surface area contributed by atoms with Gasteiger partial charge in [0.1, 0.15) is 5.75 Å². The van der Waals surface area contributed by atoms with Gasteiger partial charge in [0.15, 0.2) is 0 Å². The van der Waals surface area contributed by atoms with Crippen LogP contribution in [-0.4, -0.2) is 41.3 Å². The lowest BCUT2D eigenvalue weighted by atomic mass is 10.1. The van der Waals surface area contributed by atoms with Crippen LogP contribution in [0.15, 0.2) is 42.7 Å². The molecule has 1 saturated heterocycles. The van der Waals surface area contributed by atoms with Crippen molar-refractivity contribution in [2.75, 3.05) is 18.6 Å². The predicted octanol–water partition coefficient (Wildman–Crippen LogP) is 1.45. The third-order valence-electron chi connectivity index (χ3n) is 4.29. The van der Waals surface area contributed by atoms with Gasteiger partial charge in [-0.3, -0.25) is 14.3 Å². The van der Waals surface area contributed by atoms with E-state index in [0.717, 1.165) is 11.4 Å². The van der Waals surface area contributed by atoms with Crippen LogP contribution in [-0.2, 0) is 16.1 Å². The van der Waals surface area contributed by atoms with Crippen molar-refractivity contribution < 1.29 is 14.3 Å². The normalized spacial score (nSPS) is 18.2. The number of hydrogen-bond donors (Lipinski definition) is 1. The Bertz CT molecular complexity index is 727. The SMILES string of the molecule is COc1ccc(N2C[C@H](C(=O)N[C@H](C)Cn3cccn3)CC2=O)cc1. The Morgan fingerprint density at radius 2 is 2.16 bits per heavy atom. The number of rotatable bonds is 6. The van der Waals surface area contributed by atoms with Gasteiger partial charge in [-0.15, -0.1) is 0 Å². The van der Waals surface area contributed by atoms with E-state index in [0.29, 0.717) is 13.1 Å². The molecule has 1 aromatic heterocycles. The quantitative estimate of drug-likeness (QED) is 0.862. The lowest BCUT2D eigenvalue weighted by molar-refractivity contribution is -0.126. The van der Waals surface area contributed by atoms with Crippen molar-refractivity contribution in [3.63, 3.8) is 0 Å². The van der Waals surface area contributed by atoms with Gasteiger partial charge in [0, 0.05) is 37.1 Å². The molecule has 2 amide bonds. The standard InChI is InChI=1S/C18H22N4O3/c1-13(11-21-9-3-8-19-21)20-18(24)14-10-17(23)22(12-14)15-4-6-16(25-2)7-5-15/h3-9,13-14H,10-12H2,1-2H3,(H,20,24)/t13-,14-/m1/s1. The van der Waals surface area contributed by atoms with Crippen LogP contribution in [0, 0.1) is 5.92 Å². The second-order valence-corrected chi connectivity index (χ2v) is 6.24. The first-order chi connectivity index (χ1) is 12.1. The molecule has 0 radical (unpaired) electrons. The molecule has 3 rings (SSSR count). The molecule has 2 aromatic rings. The molecule has 1 fully saturated rings. The Labute approximate surface area is 146 Å². The van der Waals surface area contributed by atoms with Gasteiger partial charge in [-0.05, 0) is 37.3 Å². The van der Waals surface area contributed by atoms with Crippen molar-refractivity contribution in [3.05, 3.63) is 42.7 Å². The predicted molar refractivity (Wildman–Crippen MR) is 93.3 cm³/mol. The molecule has 1 N–H and O–H groups in total. The zero-order valence-corrected chi connectivity index (χ0v) is 14.4. The molecule has 132 valence electrons. The molecule has 2 atom stereocenters. The average Bonchev–Trinajstić information content (AvgIpc) is 3.24. The highest BCUT2D eigenvalue weighted by Gasteiger charge is 2.35. The number of aromatic nitrogens is 2. The first kappa shape index (κ1) is 17.0. The third kappa shape index (κ3) is 3.99. The summed E-state index contributed by atoms with van der Waals surface area (Å²) in [4.78, 5) is 26.4. The molecular formula is C18H22N4O3. The summed E-state index contributed by atoms with van der Waals surface area (Å²) in [5.74, 6) is 0.265. The van der Waals surface area contributed by atoms with Crippen molar-refractivity contribution >= 4 is 17.5 Å². The molecule has 1 aliphatic heterocycles. The van der Waals surface area contributed by atoms with Gasteiger partial charge in [-0.1, -0.05) is 0 Å². The van der Waals surface area contributed by atoms with Crippen LogP contribution in [0.25, 0.3) is 0 Å². The molecule has 7 heteroatoms. The summed E-state index contributed by atoms with van der Waals surface area (Å²) in [6.45, 7) is 2.92. The molecular weight excluding hydrogens is 320 g/mol. The Hall–Kier alpha value is -2.83. The number of nitrogens with zero attached hydrogens (tertiary/aromatic N) is 3. The number of nitrogens with one attached hydrogen (secondary N) is 1. The van der Waals surface area contributed by atoms with Gasteiger partial charge in [-0.25, -0.2) is 0 Å². The van der Waals surface area contributed by atoms with E-state index >= 15 is 0 Å². The molecule has 25 heavy (non-hydrogen) atoms. The van der Waals surface area contributed by atoms with Gasteiger partial charge in [0.2, 0.25) is 11.8 Å². The van der Waals surface area contributed by atoms with Crippen LogP contribution in [0.1, 0.15) is 13.3 Å². The van der Waals surface area contributed by atoms with E-state index in [1.165, 1.54) is 0 Å². The number of carbonyl (C=O) groups is 2. The summed E-state index contributed by atoms with van der Waals surface area (Å²) in [6.07, 6.45) is 3.79. The van der Waals surface area contributed by atoms with Gasteiger partial charge in [0.25, 0.3) is 0 Å². The molecule has 7 nitrogen and oxygen atoms in total. The fourth-order valence-corrected chi connectivity index (χ4v) is 2.99. The number of amides is 2. The molecule has 2 heterocycles. The number of methoxy groups -OCH3 is 1. The summed E-state index contributed by atoms with van der Waals surface area (Å²) in [5.41, 5.74) is 0.783. The largest absolute Gasteiger partial charge is 0.497 e. The molecule has 0 saturated carbocycles. The minimum absolute atomic E-state index is 0.0370. The molecule has 0 spiro atoms. The van der Waals surface area contributed by atoms with Crippen molar-refractivity contribution in [3.8, 4) is 5.75 Å². The monoisotopic (exact) mass is 342 g/mol. The maximum absolute atomic E-state index is 12.5. The Morgan fingerprint density at radius 3 is 2.80 bits per heavy atom. The van der Waals surface area contributed by atoms with E-state index in [-0.39, 0.29) is 30.2 Å². The fraction of sp³-hybridized carbons (Fsp3) is 0.389. The second kappa shape index (κ2) is 7.38. The van der Waals surface area contributed by atoms with Gasteiger partial charge in [0.05, 0.1) is 19.6 Å². The number of benzene rings is 1. The lowest BCUT2D eigenvalue weighted by Crippen LogP contribution is -2.40. The van der Waals surface area contributed by atoms with E-state index in [1.807, 2.05) is 43.5 Å². The molecule has 1 aliphatic rings. The Morgan fingerprint density at radius 1 is 1.40 bits per heavy atom. The first-order valence-corrected chi connectivity index (χ1v) is 8.29. The number of hydrogen-bond acceptors (Lipinski definition) is 4. The topological polar surface area (TPSA) is 76.5 Å². The average molecular weight is 342 g/mol. The van der Waals surface area contributed by atoms with Crippen LogP contribution >= 0.6 is 0 Å². The van der Waals surface area contributed by atoms with Gasteiger partial charge >= 0.3 is 0 Å². The van der Waals surface area contributed by atoms with E-state index in [9.17, 15) is 9.59 Å². The molecule has 1 aromatic carbocycles. The van der Waals surface area contributed by atoms with Crippen molar-refractivity contribution in [1.82, 2.24) is 15.1 Å². The van der Waals surface area contributed by atoms with E-state index < -0.39 is 0 Å². The number of ether oxygens (including phenoxy) is 1. The van der Waals surface area contributed by atoms with Gasteiger partial charge in [-0.2, -0.15) is 5.10 Å². The van der Waals surface area contributed by atoms with E-state index in [2.05, 4.69) is 10.4 Å². The van der Waals surface area contributed by atoms with Crippen LogP contribution < -0.4 is 15.0 Å². The molecule has 0 bridgehead atoms. The van der Waals surface area contributed by atoms with E-state index in [1.54, 1.807) is 22.9 Å². The van der Waals surface area contributed by atoms with Gasteiger partial charge < -0.3 is 15.0 Å². The zero-order valence-electron chi connectivity index (χ0n) is 14.4. The smallest absolute Gasteiger partial charge is 0.227 e. The summed E-state index contributed by atoms with van der Waals surface area (Å²) in [6, 6.07) is 9.06. The minimum atomic E-state index is -0.338.